The number of amides is 3. The van der Waals surface area contributed by atoms with Crippen molar-refractivity contribution in [1.29, 1.82) is 0 Å². The van der Waals surface area contributed by atoms with E-state index in [1.165, 1.54) is 7.11 Å². The number of H-pyrrole nitrogens is 2. The van der Waals surface area contributed by atoms with E-state index in [1.54, 1.807) is 0 Å². The van der Waals surface area contributed by atoms with Crippen LogP contribution in [0.25, 0.3) is 44.4 Å². The van der Waals surface area contributed by atoms with Gasteiger partial charge < -0.3 is 40.3 Å². The highest BCUT2D eigenvalue weighted by atomic mass is 16.5. The number of aromatic nitrogens is 4. The van der Waals surface area contributed by atoms with Crippen LogP contribution < -0.4 is 11.1 Å². The van der Waals surface area contributed by atoms with Gasteiger partial charge in [-0.3, -0.25) is 9.59 Å². The van der Waals surface area contributed by atoms with Gasteiger partial charge in [-0.25, -0.2) is 14.8 Å². The summed E-state index contributed by atoms with van der Waals surface area (Å²) in [5.41, 5.74) is 12.2. The number of aromatic amines is 2. The number of alkyl carbamates (subject to hydrolysis) is 1. The molecular formula is C44H52N8O5. The fourth-order valence-corrected chi connectivity index (χ4v) is 8.64. The van der Waals surface area contributed by atoms with Gasteiger partial charge in [-0.2, -0.15) is 0 Å². The van der Waals surface area contributed by atoms with E-state index in [0.717, 1.165) is 81.7 Å². The van der Waals surface area contributed by atoms with Gasteiger partial charge in [0.2, 0.25) is 11.8 Å². The molecule has 3 aliphatic heterocycles. The number of imidazole rings is 2. The predicted octanol–water partition coefficient (Wildman–Crippen LogP) is 6.75. The van der Waals surface area contributed by atoms with E-state index >= 15 is 0 Å². The third-order valence-electron chi connectivity index (χ3n) is 12.0. The molecule has 2 aromatic heterocycles. The van der Waals surface area contributed by atoms with Crippen molar-refractivity contribution >= 4 is 28.7 Å². The number of likely N-dealkylation sites (tertiary alicyclic amines) is 2. The van der Waals surface area contributed by atoms with E-state index in [0.29, 0.717) is 39.1 Å². The highest BCUT2D eigenvalue weighted by molar-refractivity contribution is 5.91. The second-order valence-electron chi connectivity index (χ2n) is 15.9. The van der Waals surface area contributed by atoms with E-state index in [2.05, 4.69) is 75.9 Å². The van der Waals surface area contributed by atoms with Crippen LogP contribution in [0.3, 0.4) is 0 Å². The van der Waals surface area contributed by atoms with Crippen molar-refractivity contribution < 1.29 is 23.9 Å². The van der Waals surface area contributed by atoms with Gasteiger partial charge >= 0.3 is 6.09 Å². The lowest BCUT2D eigenvalue weighted by Crippen LogP contribution is -2.53. The first-order chi connectivity index (χ1) is 27.7. The molecule has 5 N–H and O–H groups in total. The third kappa shape index (κ3) is 7.91. The molecule has 3 aliphatic rings. The maximum absolute atomic E-state index is 14.0. The van der Waals surface area contributed by atoms with Crippen molar-refractivity contribution in [2.45, 2.75) is 76.5 Å². The monoisotopic (exact) mass is 772 g/mol. The first-order valence-electron chi connectivity index (χ1n) is 20.2. The molecule has 4 atom stereocenters. The summed E-state index contributed by atoms with van der Waals surface area (Å²) in [6.45, 7) is 6.39. The number of rotatable bonds is 10. The first kappa shape index (κ1) is 38.3. The van der Waals surface area contributed by atoms with Crippen LogP contribution in [0.2, 0.25) is 0 Å². The van der Waals surface area contributed by atoms with Gasteiger partial charge in [-0.15, -0.1) is 0 Å². The Hall–Kier alpha value is -5.53. The summed E-state index contributed by atoms with van der Waals surface area (Å²) in [6.07, 6.45) is 8.00. The van der Waals surface area contributed by atoms with Crippen LogP contribution in [0, 0.1) is 11.8 Å². The Kier molecular flexibility index (Phi) is 11.1. The summed E-state index contributed by atoms with van der Waals surface area (Å²) in [6, 6.07) is 19.8. The maximum Gasteiger partial charge on any atom is 0.407 e. The van der Waals surface area contributed by atoms with Crippen molar-refractivity contribution in [2.75, 3.05) is 33.4 Å². The number of hydrogen-bond acceptors (Lipinski definition) is 8. The molecule has 3 fully saturated rings. The second-order valence-corrected chi connectivity index (χ2v) is 15.9. The van der Waals surface area contributed by atoms with Crippen molar-refractivity contribution in [3.05, 3.63) is 84.7 Å². The average Bonchev–Trinajstić information content (AvgIpc) is 4.09. The van der Waals surface area contributed by atoms with Crippen molar-refractivity contribution in [3.63, 3.8) is 0 Å². The van der Waals surface area contributed by atoms with Gasteiger partial charge in [0.25, 0.3) is 0 Å². The first-order valence-corrected chi connectivity index (χ1v) is 20.2. The molecule has 3 saturated heterocycles. The normalized spacial score (nSPS) is 19.9. The number of hydrogen-bond donors (Lipinski definition) is 4. The van der Waals surface area contributed by atoms with Crippen molar-refractivity contribution in [3.8, 4) is 33.6 Å². The molecule has 3 amide bonds. The van der Waals surface area contributed by atoms with Crippen LogP contribution in [0.1, 0.15) is 76.1 Å². The average molecular weight is 773 g/mol. The topological polar surface area (TPSA) is 172 Å². The van der Waals surface area contributed by atoms with E-state index in [4.69, 9.17) is 25.2 Å². The molecule has 13 heteroatoms. The molecule has 0 spiro atoms. The van der Waals surface area contributed by atoms with Crippen LogP contribution in [-0.4, -0.2) is 93.1 Å². The summed E-state index contributed by atoms with van der Waals surface area (Å²) >= 11 is 0. The Morgan fingerprint density at radius 2 is 1.44 bits per heavy atom. The third-order valence-corrected chi connectivity index (χ3v) is 12.0. The van der Waals surface area contributed by atoms with E-state index in [-0.39, 0.29) is 35.7 Å². The molecule has 0 unspecified atom stereocenters. The standard InChI is InChI=1S/C44H52N8O5/c1-26(2)38(45)42(53)51-18-4-6-36(51)40-47-25-35(49-40)33-15-14-31-22-30(12-13-32(31)23-33)27-8-10-28(11-9-27)34-24-46-41(48-34)37-7-5-19-52(37)43(54)39(50-44(55)56-3)29-16-20-57-21-17-29/h8-15,22-26,29,36-39H,4-7,16-21,45H2,1-3H3,(H,46,48)(H,47,49)(H,50,55)/t36-,37-,38-,39-/m0/s1. The Morgan fingerprint density at radius 1 is 0.825 bits per heavy atom. The molecule has 0 bridgehead atoms. The number of ether oxygens (including phenoxy) is 2. The zero-order valence-corrected chi connectivity index (χ0v) is 32.9. The van der Waals surface area contributed by atoms with Crippen LogP contribution in [0.4, 0.5) is 4.79 Å². The lowest BCUT2D eigenvalue weighted by molar-refractivity contribution is -0.137. The molecule has 0 saturated carbocycles. The van der Waals surface area contributed by atoms with Gasteiger partial charge in [0.15, 0.2) is 0 Å². The molecule has 5 heterocycles. The number of methoxy groups -OCH3 is 1. The lowest BCUT2D eigenvalue weighted by Gasteiger charge is -2.34. The van der Waals surface area contributed by atoms with E-state index in [9.17, 15) is 14.4 Å². The Bertz CT molecular complexity index is 2220. The molecular weight excluding hydrogens is 721 g/mol. The number of nitrogens with one attached hydrogen (secondary N) is 3. The van der Waals surface area contributed by atoms with Crippen molar-refractivity contribution in [2.24, 2.45) is 17.6 Å². The van der Waals surface area contributed by atoms with Gasteiger partial charge in [0.05, 0.1) is 42.8 Å². The van der Waals surface area contributed by atoms with Gasteiger partial charge in [0.1, 0.15) is 17.7 Å². The fourth-order valence-electron chi connectivity index (χ4n) is 8.64. The molecule has 0 radical (unpaired) electrons. The lowest BCUT2D eigenvalue weighted by atomic mass is 9.90. The van der Waals surface area contributed by atoms with Gasteiger partial charge in [0, 0.05) is 38.1 Å². The van der Waals surface area contributed by atoms with Gasteiger partial charge in [-0.05, 0) is 90.0 Å². The zero-order valence-electron chi connectivity index (χ0n) is 32.9. The van der Waals surface area contributed by atoms with E-state index in [1.807, 2.05) is 36.0 Å². The minimum atomic E-state index is -0.674. The largest absolute Gasteiger partial charge is 0.453 e. The van der Waals surface area contributed by atoms with Crippen LogP contribution in [-0.2, 0) is 19.1 Å². The molecule has 0 aliphatic carbocycles. The number of nitrogens with two attached hydrogens (primary N) is 1. The molecule has 298 valence electrons. The number of carbonyl (C=O) groups is 3. The summed E-state index contributed by atoms with van der Waals surface area (Å²) in [7, 11) is 1.31. The summed E-state index contributed by atoms with van der Waals surface area (Å²) in [4.78, 5) is 59.6. The second kappa shape index (κ2) is 16.5. The SMILES string of the molecule is COC(=O)N[C@H](C(=O)N1CCC[C@H]1c1ncc(-c2ccc(-c3ccc4cc(-c5c[nH]c([C@@H]6CCCN6C(=O)[C@@H](N)C(C)C)n5)ccc4c3)cc2)[nH]1)C1CCOCC1. The number of benzene rings is 3. The molecule has 3 aromatic carbocycles. The quantitative estimate of drug-likeness (QED) is 0.121. The zero-order chi connectivity index (χ0) is 39.6. The smallest absolute Gasteiger partial charge is 0.407 e. The number of fused-ring (bicyclic) bond motifs is 1. The maximum atomic E-state index is 14.0. The fraction of sp³-hybridized carbons (Fsp3) is 0.432. The summed E-state index contributed by atoms with van der Waals surface area (Å²) in [5, 5.41) is 5.06. The Morgan fingerprint density at radius 3 is 2.12 bits per heavy atom. The summed E-state index contributed by atoms with van der Waals surface area (Å²) < 4.78 is 10.4. The molecule has 13 nitrogen and oxygen atoms in total. The number of carbonyl (C=O) groups excluding carboxylic acids is 3. The highest BCUT2D eigenvalue weighted by Crippen LogP contribution is 2.36. The van der Waals surface area contributed by atoms with Crippen LogP contribution in [0.5, 0.6) is 0 Å². The predicted molar refractivity (Wildman–Crippen MR) is 218 cm³/mol. The van der Waals surface area contributed by atoms with E-state index < -0.39 is 18.2 Å². The summed E-state index contributed by atoms with van der Waals surface area (Å²) in [5.74, 6) is 1.49. The van der Waals surface area contributed by atoms with Crippen molar-refractivity contribution in [1.82, 2.24) is 35.1 Å². The minimum absolute atomic E-state index is 0.00885. The van der Waals surface area contributed by atoms with Crippen LogP contribution >= 0.6 is 0 Å². The molecule has 8 rings (SSSR count). The Labute approximate surface area is 332 Å². The number of nitrogens with zero attached hydrogens (tertiary/aromatic N) is 4. The highest BCUT2D eigenvalue weighted by Gasteiger charge is 2.40. The minimum Gasteiger partial charge on any atom is -0.453 e. The Balaban J connectivity index is 0.943. The van der Waals surface area contributed by atoms with Gasteiger partial charge in [-0.1, -0.05) is 62.4 Å². The molecule has 57 heavy (non-hydrogen) atoms. The molecule has 5 aromatic rings. The van der Waals surface area contributed by atoms with Crippen LogP contribution in [0.15, 0.2) is 73.1 Å².